The van der Waals surface area contributed by atoms with Crippen molar-refractivity contribution in [3.8, 4) is 0 Å². The van der Waals surface area contributed by atoms with E-state index < -0.39 is 32.8 Å². The largest absolute Gasteiger partial charge is 0.380 e. The van der Waals surface area contributed by atoms with Gasteiger partial charge < -0.3 is 14.6 Å². The normalized spacial score (nSPS) is 11.9. The number of hydrogen-bond acceptors (Lipinski definition) is 4. The van der Waals surface area contributed by atoms with Crippen LogP contribution in [0.4, 0.5) is 8.78 Å². The van der Waals surface area contributed by atoms with E-state index in [1.165, 1.54) is 0 Å². The molecule has 6 nitrogen and oxygen atoms in total. The first kappa shape index (κ1) is 17.9. The summed E-state index contributed by atoms with van der Waals surface area (Å²) in [7, 11) is 1.05. The quantitative estimate of drug-likeness (QED) is 0.572. The van der Waals surface area contributed by atoms with Crippen LogP contribution in [0.15, 0.2) is 17.2 Å². The summed E-state index contributed by atoms with van der Waals surface area (Å²) >= 11 is 0. The summed E-state index contributed by atoms with van der Waals surface area (Å²) < 4.78 is 53.2. The first-order valence-electron chi connectivity index (χ1n) is 6.04. The Kier molecular flexibility index (Phi) is 6.56. The maximum Gasteiger partial charge on any atom is 0.268 e. The fourth-order valence-corrected chi connectivity index (χ4v) is 2.34. The molecule has 1 N–H and O–H groups in total. The SMILES string of the molecule is CCOCCNC(=O)c1cc(S(=O)(=O)Cl)cn1CC(F)F. The molecule has 0 aliphatic heterocycles. The van der Waals surface area contributed by atoms with Gasteiger partial charge in [-0.15, -0.1) is 0 Å². The minimum Gasteiger partial charge on any atom is -0.380 e. The van der Waals surface area contributed by atoms with Crippen molar-refractivity contribution >= 4 is 25.6 Å². The summed E-state index contributed by atoms with van der Waals surface area (Å²) in [5, 5.41) is 2.44. The van der Waals surface area contributed by atoms with Crippen LogP contribution in [0.5, 0.6) is 0 Å². The van der Waals surface area contributed by atoms with Crippen LogP contribution in [0.3, 0.4) is 0 Å². The van der Waals surface area contributed by atoms with Crippen LogP contribution >= 0.6 is 10.7 Å². The first-order valence-corrected chi connectivity index (χ1v) is 8.35. The molecule has 0 unspecified atom stereocenters. The van der Waals surface area contributed by atoms with Crippen molar-refractivity contribution in [3.63, 3.8) is 0 Å². The molecule has 1 aromatic rings. The lowest BCUT2D eigenvalue weighted by Gasteiger charge is -2.09. The number of rotatable bonds is 8. The number of alkyl halides is 2. The molecule has 0 bridgehead atoms. The van der Waals surface area contributed by atoms with Gasteiger partial charge in [-0.25, -0.2) is 17.2 Å². The van der Waals surface area contributed by atoms with Crippen molar-refractivity contribution in [2.45, 2.75) is 24.8 Å². The smallest absolute Gasteiger partial charge is 0.268 e. The van der Waals surface area contributed by atoms with Crippen LogP contribution in [-0.4, -0.2) is 45.1 Å². The van der Waals surface area contributed by atoms with Gasteiger partial charge in [0.05, 0.1) is 13.2 Å². The van der Waals surface area contributed by atoms with Crippen molar-refractivity contribution in [2.75, 3.05) is 19.8 Å². The van der Waals surface area contributed by atoms with Gasteiger partial charge in [-0.1, -0.05) is 0 Å². The average Bonchev–Trinajstić information content (AvgIpc) is 2.77. The van der Waals surface area contributed by atoms with Crippen LogP contribution in [0.1, 0.15) is 17.4 Å². The number of carbonyl (C=O) groups is 1. The zero-order valence-electron chi connectivity index (χ0n) is 11.2. The number of carbonyl (C=O) groups excluding carboxylic acids is 1. The van der Waals surface area contributed by atoms with E-state index in [-0.39, 0.29) is 18.8 Å². The van der Waals surface area contributed by atoms with Gasteiger partial charge >= 0.3 is 0 Å². The lowest BCUT2D eigenvalue weighted by atomic mass is 10.4. The Morgan fingerprint density at radius 2 is 2.19 bits per heavy atom. The molecule has 10 heteroatoms. The van der Waals surface area contributed by atoms with Crippen molar-refractivity contribution in [2.24, 2.45) is 0 Å². The van der Waals surface area contributed by atoms with E-state index in [1.54, 1.807) is 6.92 Å². The van der Waals surface area contributed by atoms with Crippen LogP contribution < -0.4 is 5.32 Å². The molecular weight excluding hydrogens is 330 g/mol. The molecular formula is C11H15ClF2N2O4S. The van der Waals surface area contributed by atoms with Crippen molar-refractivity contribution < 1.29 is 26.7 Å². The molecule has 21 heavy (non-hydrogen) atoms. The second-order valence-electron chi connectivity index (χ2n) is 4.00. The average molecular weight is 345 g/mol. The molecule has 0 fully saturated rings. The highest BCUT2D eigenvalue weighted by Gasteiger charge is 2.21. The monoisotopic (exact) mass is 344 g/mol. The Morgan fingerprint density at radius 1 is 1.52 bits per heavy atom. The highest BCUT2D eigenvalue weighted by molar-refractivity contribution is 8.13. The maximum absolute atomic E-state index is 12.5. The van der Waals surface area contributed by atoms with Gasteiger partial charge in [-0.2, -0.15) is 0 Å². The molecule has 1 rings (SSSR count). The number of amides is 1. The Labute approximate surface area is 125 Å². The number of hydrogen-bond donors (Lipinski definition) is 1. The zero-order chi connectivity index (χ0) is 16.0. The summed E-state index contributed by atoms with van der Waals surface area (Å²) in [6.45, 7) is 1.90. The van der Waals surface area contributed by atoms with Gasteiger partial charge in [0.2, 0.25) is 0 Å². The van der Waals surface area contributed by atoms with Gasteiger partial charge in [0.15, 0.2) is 0 Å². The number of nitrogens with one attached hydrogen (secondary N) is 1. The molecule has 1 aromatic heterocycles. The Hall–Kier alpha value is -1.19. The third kappa shape index (κ3) is 5.60. The molecule has 0 aliphatic carbocycles. The number of nitrogens with zero attached hydrogens (tertiary/aromatic N) is 1. The third-order valence-corrected chi connectivity index (χ3v) is 3.78. The summed E-state index contributed by atoms with van der Waals surface area (Å²) in [4.78, 5) is 11.5. The predicted octanol–water partition coefficient (Wildman–Crippen LogP) is 1.45. The molecule has 120 valence electrons. The van der Waals surface area contributed by atoms with Crippen molar-refractivity contribution in [1.82, 2.24) is 9.88 Å². The molecule has 0 atom stereocenters. The van der Waals surface area contributed by atoms with Crippen molar-refractivity contribution in [1.29, 1.82) is 0 Å². The molecule has 0 radical (unpaired) electrons. The molecule has 0 spiro atoms. The first-order chi connectivity index (χ1) is 9.75. The van der Waals surface area contributed by atoms with Gasteiger partial charge in [-0.3, -0.25) is 4.79 Å². The lowest BCUT2D eigenvalue weighted by molar-refractivity contribution is 0.0901. The maximum atomic E-state index is 12.5. The second kappa shape index (κ2) is 7.71. The van der Waals surface area contributed by atoms with E-state index in [0.717, 1.165) is 16.8 Å². The van der Waals surface area contributed by atoms with Gasteiger partial charge in [-0.05, 0) is 13.0 Å². The van der Waals surface area contributed by atoms with Gasteiger partial charge in [0, 0.05) is 30.0 Å². The Morgan fingerprint density at radius 3 is 2.71 bits per heavy atom. The summed E-state index contributed by atoms with van der Waals surface area (Å²) in [5.74, 6) is -0.679. The summed E-state index contributed by atoms with van der Waals surface area (Å²) in [6.07, 6.45) is -1.83. The number of halogens is 3. The summed E-state index contributed by atoms with van der Waals surface area (Å²) in [6, 6.07) is 0.959. The second-order valence-corrected chi connectivity index (χ2v) is 6.56. The zero-order valence-corrected chi connectivity index (χ0v) is 12.8. The van der Waals surface area contributed by atoms with E-state index in [2.05, 4.69) is 5.32 Å². The van der Waals surface area contributed by atoms with E-state index in [4.69, 9.17) is 15.4 Å². The Bertz CT molecular complexity index is 589. The molecule has 1 amide bonds. The van der Waals surface area contributed by atoms with E-state index in [9.17, 15) is 22.0 Å². The standard InChI is InChI=1S/C11H15ClF2N2O4S/c1-2-20-4-3-15-11(17)9-5-8(21(12,18)19)6-16(9)7-10(13)14/h5-6,10H,2-4,7H2,1H3,(H,15,17). The van der Waals surface area contributed by atoms with Gasteiger partial charge in [0.1, 0.15) is 10.6 Å². The molecule has 0 saturated heterocycles. The molecule has 0 saturated carbocycles. The lowest BCUT2D eigenvalue weighted by Crippen LogP contribution is -2.29. The number of aromatic nitrogens is 1. The minimum atomic E-state index is -4.10. The highest BCUT2D eigenvalue weighted by Crippen LogP contribution is 2.19. The topological polar surface area (TPSA) is 77.4 Å². The van der Waals surface area contributed by atoms with Crippen molar-refractivity contribution in [3.05, 3.63) is 18.0 Å². The van der Waals surface area contributed by atoms with Crippen LogP contribution in [-0.2, 0) is 20.3 Å². The molecule has 0 aliphatic rings. The summed E-state index contributed by atoms with van der Waals surface area (Å²) in [5.41, 5.74) is -0.203. The third-order valence-electron chi connectivity index (χ3n) is 2.46. The highest BCUT2D eigenvalue weighted by atomic mass is 35.7. The van der Waals surface area contributed by atoms with Gasteiger partial charge in [0.25, 0.3) is 21.4 Å². The van der Waals surface area contributed by atoms with Crippen LogP contribution in [0.2, 0.25) is 0 Å². The molecule has 0 aromatic carbocycles. The predicted molar refractivity (Wildman–Crippen MR) is 72.3 cm³/mol. The minimum absolute atomic E-state index is 0.176. The fraction of sp³-hybridized carbons (Fsp3) is 0.545. The molecule has 1 heterocycles. The van der Waals surface area contributed by atoms with Crippen LogP contribution in [0.25, 0.3) is 0 Å². The number of ether oxygens (including phenoxy) is 1. The van der Waals surface area contributed by atoms with Crippen LogP contribution in [0, 0.1) is 0 Å². The van der Waals surface area contributed by atoms with E-state index in [0.29, 0.717) is 6.61 Å². The Balaban J connectivity index is 2.92. The van der Waals surface area contributed by atoms with E-state index in [1.807, 2.05) is 0 Å². The van der Waals surface area contributed by atoms with E-state index >= 15 is 0 Å². The fourth-order valence-electron chi connectivity index (χ4n) is 1.58.